The molecule has 0 aliphatic carbocycles. The lowest BCUT2D eigenvalue weighted by Gasteiger charge is -2.09. The lowest BCUT2D eigenvalue weighted by atomic mass is 10.3. The van der Waals surface area contributed by atoms with Gasteiger partial charge in [0, 0.05) is 23.5 Å². The molecular weight excluding hydrogens is 276 g/mol. The number of rotatable bonds is 1. The standard InChI is InChI=1S/C10H9BrN2OS/c1-6-3-8(14)4-7(2)13(6)10-12-5-9(11)15-10/h3-5H,1-2H3. The van der Waals surface area contributed by atoms with Crippen LogP contribution in [0.4, 0.5) is 0 Å². The summed E-state index contributed by atoms with van der Waals surface area (Å²) in [5.74, 6) is 0. The average Bonchev–Trinajstić information content (AvgIpc) is 2.49. The second kappa shape index (κ2) is 3.90. The van der Waals surface area contributed by atoms with Gasteiger partial charge in [-0.05, 0) is 29.8 Å². The fourth-order valence-corrected chi connectivity index (χ4v) is 2.81. The van der Waals surface area contributed by atoms with Crippen LogP contribution in [0, 0.1) is 13.8 Å². The summed E-state index contributed by atoms with van der Waals surface area (Å²) in [6.07, 6.45) is 1.76. The van der Waals surface area contributed by atoms with Gasteiger partial charge in [-0.3, -0.25) is 9.36 Å². The van der Waals surface area contributed by atoms with E-state index in [4.69, 9.17) is 0 Å². The maximum atomic E-state index is 11.3. The van der Waals surface area contributed by atoms with Gasteiger partial charge in [-0.15, -0.1) is 0 Å². The third-order valence-corrected chi connectivity index (χ3v) is 3.53. The van der Waals surface area contributed by atoms with E-state index in [1.807, 2.05) is 18.4 Å². The van der Waals surface area contributed by atoms with Crippen LogP contribution in [-0.4, -0.2) is 9.55 Å². The van der Waals surface area contributed by atoms with Crippen LogP contribution in [0.5, 0.6) is 0 Å². The summed E-state index contributed by atoms with van der Waals surface area (Å²) in [5.41, 5.74) is 1.85. The van der Waals surface area contributed by atoms with E-state index < -0.39 is 0 Å². The maximum Gasteiger partial charge on any atom is 0.195 e. The fourth-order valence-electron chi connectivity index (χ4n) is 1.51. The number of thiazole rings is 1. The molecule has 2 heterocycles. The van der Waals surface area contributed by atoms with Crippen molar-refractivity contribution in [2.75, 3.05) is 0 Å². The van der Waals surface area contributed by atoms with Gasteiger partial charge in [-0.2, -0.15) is 0 Å². The van der Waals surface area contributed by atoms with Gasteiger partial charge in [0.2, 0.25) is 0 Å². The Hall–Kier alpha value is -0.940. The van der Waals surface area contributed by atoms with E-state index in [9.17, 15) is 4.79 Å². The van der Waals surface area contributed by atoms with E-state index >= 15 is 0 Å². The van der Waals surface area contributed by atoms with E-state index in [0.717, 1.165) is 20.3 Å². The first-order chi connectivity index (χ1) is 7.08. The minimum atomic E-state index is 0.0388. The molecule has 0 radical (unpaired) electrons. The van der Waals surface area contributed by atoms with Crippen LogP contribution in [0.25, 0.3) is 5.13 Å². The molecule has 78 valence electrons. The first-order valence-electron chi connectivity index (χ1n) is 4.40. The van der Waals surface area contributed by atoms with Crippen LogP contribution in [0.1, 0.15) is 11.4 Å². The highest BCUT2D eigenvalue weighted by atomic mass is 79.9. The molecular formula is C10H9BrN2OS. The Morgan fingerprint density at radius 1 is 1.33 bits per heavy atom. The summed E-state index contributed by atoms with van der Waals surface area (Å²) in [6.45, 7) is 3.81. The molecule has 0 bridgehead atoms. The van der Waals surface area contributed by atoms with Gasteiger partial charge in [0.05, 0.1) is 9.98 Å². The molecule has 0 unspecified atom stereocenters. The molecule has 0 amide bonds. The largest absolute Gasteiger partial charge is 0.294 e. The maximum absolute atomic E-state index is 11.3. The number of nitrogens with zero attached hydrogens (tertiary/aromatic N) is 2. The van der Waals surface area contributed by atoms with Gasteiger partial charge >= 0.3 is 0 Å². The highest BCUT2D eigenvalue weighted by molar-refractivity contribution is 9.11. The second-order valence-corrected chi connectivity index (χ2v) is 5.64. The Balaban J connectivity index is 2.67. The van der Waals surface area contributed by atoms with Crippen LogP contribution < -0.4 is 5.43 Å². The van der Waals surface area contributed by atoms with Gasteiger partial charge in [0.1, 0.15) is 0 Å². The molecule has 2 aromatic heterocycles. The number of hydrogen-bond donors (Lipinski definition) is 0. The monoisotopic (exact) mass is 284 g/mol. The minimum absolute atomic E-state index is 0.0388. The Morgan fingerprint density at radius 3 is 2.40 bits per heavy atom. The van der Waals surface area contributed by atoms with Crippen molar-refractivity contribution in [3.8, 4) is 5.13 Å². The highest BCUT2D eigenvalue weighted by Gasteiger charge is 2.07. The highest BCUT2D eigenvalue weighted by Crippen LogP contribution is 2.23. The quantitative estimate of drug-likeness (QED) is 0.807. The molecule has 0 aliphatic rings. The lowest BCUT2D eigenvalue weighted by molar-refractivity contribution is 0.910. The fraction of sp³-hybridized carbons (Fsp3) is 0.200. The average molecular weight is 285 g/mol. The number of hydrogen-bond acceptors (Lipinski definition) is 3. The van der Waals surface area contributed by atoms with Gasteiger partial charge in [-0.25, -0.2) is 4.98 Å². The van der Waals surface area contributed by atoms with E-state index in [0.29, 0.717) is 0 Å². The summed E-state index contributed by atoms with van der Waals surface area (Å²) in [5, 5.41) is 0.872. The van der Waals surface area contributed by atoms with Crippen molar-refractivity contribution < 1.29 is 0 Å². The summed E-state index contributed by atoms with van der Waals surface area (Å²) < 4.78 is 2.95. The predicted molar refractivity (Wildman–Crippen MR) is 64.9 cm³/mol. The zero-order valence-electron chi connectivity index (χ0n) is 8.32. The summed E-state index contributed by atoms with van der Waals surface area (Å²) in [7, 11) is 0. The Morgan fingerprint density at radius 2 is 1.93 bits per heavy atom. The van der Waals surface area contributed by atoms with E-state index in [-0.39, 0.29) is 5.43 Å². The van der Waals surface area contributed by atoms with Gasteiger partial charge < -0.3 is 0 Å². The first kappa shape index (κ1) is 10.6. The van der Waals surface area contributed by atoms with E-state index in [1.54, 1.807) is 29.7 Å². The van der Waals surface area contributed by atoms with E-state index in [1.165, 1.54) is 0 Å². The van der Waals surface area contributed by atoms with Gasteiger partial charge in [-0.1, -0.05) is 11.3 Å². The Labute approximate surface area is 99.5 Å². The van der Waals surface area contributed by atoms with Crippen molar-refractivity contribution >= 4 is 27.3 Å². The molecule has 0 saturated carbocycles. The molecule has 0 atom stereocenters. The smallest absolute Gasteiger partial charge is 0.195 e. The number of aromatic nitrogens is 2. The van der Waals surface area contributed by atoms with Crippen molar-refractivity contribution in [1.82, 2.24) is 9.55 Å². The normalized spacial score (nSPS) is 10.6. The zero-order chi connectivity index (χ0) is 11.0. The molecule has 3 nitrogen and oxygen atoms in total. The van der Waals surface area contributed by atoms with Crippen molar-refractivity contribution in [3.05, 3.63) is 43.7 Å². The van der Waals surface area contributed by atoms with Crippen molar-refractivity contribution in [1.29, 1.82) is 0 Å². The third-order valence-electron chi connectivity index (χ3n) is 2.06. The molecule has 0 spiro atoms. The molecule has 0 aliphatic heterocycles. The summed E-state index contributed by atoms with van der Waals surface area (Å²) in [4.78, 5) is 15.5. The van der Waals surface area contributed by atoms with Crippen molar-refractivity contribution in [2.24, 2.45) is 0 Å². The van der Waals surface area contributed by atoms with E-state index in [2.05, 4.69) is 20.9 Å². The molecule has 0 aromatic carbocycles. The summed E-state index contributed by atoms with van der Waals surface area (Å²) >= 11 is 4.92. The first-order valence-corrected chi connectivity index (χ1v) is 6.01. The second-order valence-electron chi connectivity index (χ2n) is 3.26. The molecule has 15 heavy (non-hydrogen) atoms. The molecule has 0 fully saturated rings. The molecule has 0 N–H and O–H groups in total. The SMILES string of the molecule is Cc1cc(=O)cc(C)n1-c1ncc(Br)s1. The number of pyridine rings is 1. The Bertz CT molecular complexity index is 533. The van der Waals surface area contributed by atoms with Crippen LogP contribution >= 0.6 is 27.3 Å². The van der Waals surface area contributed by atoms with Crippen LogP contribution in [-0.2, 0) is 0 Å². The van der Waals surface area contributed by atoms with Crippen LogP contribution in [0.2, 0.25) is 0 Å². The third kappa shape index (κ3) is 2.03. The molecule has 0 saturated heterocycles. The van der Waals surface area contributed by atoms with Gasteiger partial charge in [0.15, 0.2) is 10.6 Å². The lowest BCUT2D eigenvalue weighted by Crippen LogP contribution is -2.10. The summed E-state index contributed by atoms with van der Waals surface area (Å²) in [6, 6.07) is 3.23. The molecule has 5 heteroatoms. The topological polar surface area (TPSA) is 34.9 Å². The Kier molecular flexibility index (Phi) is 2.75. The molecule has 2 rings (SSSR count). The van der Waals surface area contributed by atoms with Crippen molar-refractivity contribution in [2.45, 2.75) is 13.8 Å². The van der Waals surface area contributed by atoms with Crippen LogP contribution in [0.3, 0.4) is 0 Å². The minimum Gasteiger partial charge on any atom is -0.294 e. The van der Waals surface area contributed by atoms with Crippen LogP contribution in [0.15, 0.2) is 26.9 Å². The zero-order valence-corrected chi connectivity index (χ0v) is 10.7. The predicted octanol–water partition coefficient (Wildman–Crippen LogP) is 2.67. The number of halogens is 1. The van der Waals surface area contributed by atoms with Crippen molar-refractivity contribution in [3.63, 3.8) is 0 Å². The molecule has 2 aromatic rings. The number of aryl methyl sites for hydroxylation is 2. The van der Waals surface area contributed by atoms with Gasteiger partial charge in [0.25, 0.3) is 0 Å².